The Hall–Kier alpha value is -1.07. The highest BCUT2D eigenvalue weighted by Crippen LogP contribution is 2.27. The van der Waals surface area contributed by atoms with Crippen molar-refractivity contribution in [3.05, 3.63) is 28.2 Å². The molecule has 0 aromatic heterocycles. The standard InChI is InChI=1S/C9H8BrNO3/c1-13-11-5-14-8-3-2-6(10)4-7(8)9(11)12/h2-4H,5H2,1H3. The fraction of sp³-hybridized carbons (Fsp3) is 0.222. The van der Waals surface area contributed by atoms with E-state index in [1.165, 1.54) is 7.11 Å². The molecule has 1 aromatic rings. The normalized spacial score (nSPS) is 15.0. The van der Waals surface area contributed by atoms with Crippen LogP contribution < -0.4 is 4.74 Å². The Kier molecular flexibility index (Phi) is 2.43. The predicted molar refractivity (Wildman–Crippen MR) is 52.8 cm³/mol. The summed E-state index contributed by atoms with van der Waals surface area (Å²) in [6.07, 6.45) is 0. The first-order valence-electron chi connectivity index (χ1n) is 4.00. The Morgan fingerprint density at radius 2 is 2.36 bits per heavy atom. The molecule has 0 unspecified atom stereocenters. The molecule has 0 N–H and O–H groups in total. The van der Waals surface area contributed by atoms with Crippen molar-refractivity contribution in [3.8, 4) is 5.75 Å². The van der Waals surface area contributed by atoms with Crippen molar-refractivity contribution in [2.24, 2.45) is 0 Å². The van der Waals surface area contributed by atoms with E-state index in [1.54, 1.807) is 12.1 Å². The summed E-state index contributed by atoms with van der Waals surface area (Å²) in [5.74, 6) is 0.404. The zero-order valence-electron chi connectivity index (χ0n) is 7.49. The Balaban J connectivity index is 2.43. The molecule has 0 saturated heterocycles. The minimum atomic E-state index is -0.185. The summed E-state index contributed by atoms with van der Waals surface area (Å²) in [5, 5.41) is 1.16. The van der Waals surface area contributed by atoms with Crippen LogP contribution in [0.15, 0.2) is 22.7 Å². The van der Waals surface area contributed by atoms with E-state index in [1.807, 2.05) is 6.07 Å². The van der Waals surface area contributed by atoms with E-state index in [2.05, 4.69) is 15.9 Å². The molecular formula is C9H8BrNO3. The number of carbonyl (C=O) groups excluding carboxylic acids is 1. The van der Waals surface area contributed by atoms with Gasteiger partial charge in [-0.25, -0.2) is 0 Å². The van der Waals surface area contributed by atoms with E-state index in [9.17, 15) is 4.79 Å². The Labute approximate surface area is 89.5 Å². The van der Waals surface area contributed by atoms with Crippen LogP contribution in [0.25, 0.3) is 0 Å². The highest BCUT2D eigenvalue weighted by atomic mass is 79.9. The number of fused-ring (bicyclic) bond motifs is 1. The molecule has 2 rings (SSSR count). The fourth-order valence-corrected chi connectivity index (χ4v) is 1.61. The number of hydrogen-bond donors (Lipinski definition) is 0. The van der Waals surface area contributed by atoms with E-state index in [0.29, 0.717) is 11.3 Å². The van der Waals surface area contributed by atoms with Crippen molar-refractivity contribution in [3.63, 3.8) is 0 Å². The number of ether oxygens (including phenoxy) is 1. The van der Waals surface area contributed by atoms with Gasteiger partial charge in [-0.15, -0.1) is 0 Å². The van der Waals surface area contributed by atoms with Gasteiger partial charge < -0.3 is 4.74 Å². The maximum Gasteiger partial charge on any atom is 0.284 e. The number of hydrogen-bond acceptors (Lipinski definition) is 3. The molecule has 14 heavy (non-hydrogen) atoms. The number of carbonyl (C=O) groups is 1. The van der Waals surface area contributed by atoms with Gasteiger partial charge in [0.15, 0.2) is 6.73 Å². The minimum absolute atomic E-state index is 0.129. The predicted octanol–water partition coefficient (Wildman–Crippen LogP) is 1.80. The van der Waals surface area contributed by atoms with Crippen molar-refractivity contribution in [1.29, 1.82) is 0 Å². The molecule has 5 heteroatoms. The van der Waals surface area contributed by atoms with Crippen molar-refractivity contribution in [2.45, 2.75) is 0 Å². The van der Waals surface area contributed by atoms with Gasteiger partial charge in [-0.05, 0) is 18.2 Å². The molecule has 0 bridgehead atoms. The average molecular weight is 258 g/mol. The van der Waals surface area contributed by atoms with Crippen molar-refractivity contribution >= 4 is 21.8 Å². The van der Waals surface area contributed by atoms with E-state index in [-0.39, 0.29) is 12.6 Å². The van der Waals surface area contributed by atoms with Crippen LogP contribution in [0.2, 0.25) is 0 Å². The highest BCUT2D eigenvalue weighted by Gasteiger charge is 2.25. The first-order chi connectivity index (χ1) is 6.72. The SMILES string of the molecule is CON1COc2ccc(Br)cc2C1=O. The molecule has 1 aromatic carbocycles. The summed E-state index contributed by atoms with van der Waals surface area (Å²) < 4.78 is 6.15. The van der Waals surface area contributed by atoms with E-state index in [0.717, 1.165) is 9.54 Å². The third kappa shape index (κ3) is 1.49. The lowest BCUT2D eigenvalue weighted by Crippen LogP contribution is -2.37. The van der Waals surface area contributed by atoms with Crippen LogP contribution in [-0.2, 0) is 4.84 Å². The van der Waals surface area contributed by atoms with Gasteiger partial charge in [0.25, 0.3) is 5.91 Å². The van der Waals surface area contributed by atoms with E-state index >= 15 is 0 Å². The number of amides is 1. The molecule has 0 saturated carbocycles. The largest absolute Gasteiger partial charge is 0.470 e. The quantitative estimate of drug-likeness (QED) is 0.771. The maximum atomic E-state index is 11.7. The minimum Gasteiger partial charge on any atom is -0.470 e. The van der Waals surface area contributed by atoms with Gasteiger partial charge in [-0.3, -0.25) is 9.63 Å². The highest BCUT2D eigenvalue weighted by molar-refractivity contribution is 9.10. The molecule has 0 radical (unpaired) electrons. The summed E-state index contributed by atoms with van der Waals surface area (Å²) >= 11 is 3.29. The lowest BCUT2D eigenvalue weighted by molar-refractivity contribution is -0.135. The Morgan fingerprint density at radius 1 is 1.57 bits per heavy atom. The molecule has 0 aliphatic carbocycles. The molecule has 4 nitrogen and oxygen atoms in total. The second-order valence-corrected chi connectivity index (χ2v) is 3.70. The first-order valence-corrected chi connectivity index (χ1v) is 4.80. The summed E-state index contributed by atoms with van der Waals surface area (Å²) in [4.78, 5) is 16.5. The van der Waals surface area contributed by atoms with E-state index in [4.69, 9.17) is 9.57 Å². The number of nitrogens with zero attached hydrogens (tertiary/aromatic N) is 1. The summed E-state index contributed by atoms with van der Waals surface area (Å²) in [7, 11) is 1.43. The molecule has 0 atom stereocenters. The van der Waals surface area contributed by atoms with Gasteiger partial charge in [-0.2, -0.15) is 5.06 Å². The maximum absolute atomic E-state index is 11.7. The zero-order valence-corrected chi connectivity index (χ0v) is 9.08. The Morgan fingerprint density at radius 3 is 3.07 bits per heavy atom. The van der Waals surface area contributed by atoms with Gasteiger partial charge in [0.1, 0.15) is 5.75 Å². The van der Waals surface area contributed by atoms with Crippen molar-refractivity contribution in [1.82, 2.24) is 5.06 Å². The number of rotatable bonds is 1. The van der Waals surface area contributed by atoms with Crippen molar-refractivity contribution < 1.29 is 14.4 Å². The number of benzene rings is 1. The van der Waals surface area contributed by atoms with Gasteiger partial charge in [-0.1, -0.05) is 15.9 Å². The second-order valence-electron chi connectivity index (χ2n) is 2.78. The van der Waals surface area contributed by atoms with E-state index < -0.39 is 0 Å². The van der Waals surface area contributed by atoms with Crippen LogP contribution in [0.3, 0.4) is 0 Å². The number of hydroxylamine groups is 2. The lowest BCUT2D eigenvalue weighted by atomic mass is 10.2. The summed E-state index contributed by atoms with van der Waals surface area (Å²) in [6, 6.07) is 5.29. The van der Waals surface area contributed by atoms with Crippen LogP contribution in [0.4, 0.5) is 0 Å². The second kappa shape index (κ2) is 3.59. The smallest absolute Gasteiger partial charge is 0.284 e. The first kappa shape index (κ1) is 9.48. The van der Waals surface area contributed by atoms with Gasteiger partial charge in [0, 0.05) is 4.47 Å². The topological polar surface area (TPSA) is 38.8 Å². The van der Waals surface area contributed by atoms with Gasteiger partial charge >= 0.3 is 0 Å². The molecule has 1 aliphatic heterocycles. The fourth-order valence-electron chi connectivity index (χ4n) is 1.25. The molecule has 0 spiro atoms. The zero-order chi connectivity index (χ0) is 10.1. The third-order valence-electron chi connectivity index (χ3n) is 1.96. The molecule has 1 amide bonds. The molecule has 1 aliphatic rings. The van der Waals surface area contributed by atoms with Gasteiger partial charge in [0.2, 0.25) is 0 Å². The van der Waals surface area contributed by atoms with Crippen molar-refractivity contribution in [2.75, 3.05) is 13.8 Å². The van der Waals surface area contributed by atoms with Crippen LogP contribution in [0, 0.1) is 0 Å². The van der Waals surface area contributed by atoms with Crippen LogP contribution in [0.5, 0.6) is 5.75 Å². The third-order valence-corrected chi connectivity index (χ3v) is 2.45. The number of halogens is 1. The van der Waals surface area contributed by atoms with Crippen LogP contribution in [0.1, 0.15) is 10.4 Å². The molecule has 74 valence electrons. The molecule has 0 fully saturated rings. The monoisotopic (exact) mass is 257 g/mol. The Bertz CT molecular complexity index is 380. The average Bonchev–Trinajstić information content (AvgIpc) is 2.20. The molecule has 1 heterocycles. The van der Waals surface area contributed by atoms with Crippen LogP contribution >= 0.6 is 15.9 Å². The lowest BCUT2D eigenvalue weighted by Gasteiger charge is -2.26. The summed E-state index contributed by atoms with van der Waals surface area (Å²) in [6.45, 7) is 0.129. The molecular weight excluding hydrogens is 250 g/mol. The summed E-state index contributed by atoms with van der Waals surface area (Å²) in [5.41, 5.74) is 0.507. The van der Waals surface area contributed by atoms with Gasteiger partial charge in [0.05, 0.1) is 12.7 Å². The van der Waals surface area contributed by atoms with Crippen LogP contribution in [-0.4, -0.2) is 24.8 Å².